The molecule has 1 heterocycles. The Morgan fingerprint density at radius 1 is 1.00 bits per heavy atom. The van der Waals surface area contributed by atoms with Crippen LogP contribution in [0.2, 0.25) is 0 Å². The molecule has 1 N–H and O–H groups in total. The predicted molar refractivity (Wildman–Crippen MR) is 87.6 cm³/mol. The van der Waals surface area contributed by atoms with E-state index in [1.54, 1.807) is 0 Å². The first-order chi connectivity index (χ1) is 10.3. The fraction of sp³-hybridized carbons (Fsp3) is 0.278. The average Bonchev–Trinajstić information content (AvgIpc) is 2.86. The van der Waals surface area contributed by atoms with Crippen LogP contribution in [-0.4, -0.2) is 16.1 Å². The molecule has 3 heteroatoms. The van der Waals surface area contributed by atoms with Crippen molar-refractivity contribution in [2.24, 2.45) is 5.92 Å². The van der Waals surface area contributed by atoms with Gasteiger partial charge in [0.2, 0.25) is 0 Å². The van der Waals surface area contributed by atoms with E-state index in [0.717, 1.165) is 35.6 Å². The van der Waals surface area contributed by atoms with E-state index in [-0.39, 0.29) is 0 Å². The van der Waals surface area contributed by atoms with Gasteiger partial charge in [0.1, 0.15) is 5.82 Å². The molecule has 0 bridgehead atoms. The summed E-state index contributed by atoms with van der Waals surface area (Å²) in [6, 6.07) is 18.7. The monoisotopic (exact) mass is 279 g/mol. The summed E-state index contributed by atoms with van der Waals surface area (Å²) in [5.41, 5.74) is 3.36. The van der Waals surface area contributed by atoms with Crippen LogP contribution in [0.15, 0.2) is 54.6 Å². The van der Waals surface area contributed by atoms with Gasteiger partial charge in [-0.05, 0) is 36.7 Å². The van der Waals surface area contributed by atoms with Crippen LogP contribution >= 0.6 is 0 Å². The van der Waals surface area contributed by atoms with Crippen LogP contribution in [0.3, 0.4) is 0 Å². The van der Waals surface area contributed by atoms with E-state index in [9.17, 15) is 0 Å². The van der Waals surface area contributed by atoms with Gasteiger partial charge in [0.05, 0.1) is 17.6 Å². The third-order valence-electron chi connectivity index (χ3n) is 3.48. The Balaban J connectivity index is 2.02. The molecule has 3 rings (SSSR count). The molecule has 0 saturated carbocycles. The smallest absolute Gasteiger partial charge is 0.128 e. The minimum Gasteiger partial charge on any atom is -0.310 e. The van der Waals surface area contributed by atoms with Crippen LogP contribution in [0.1, 0.15) is 19.7 Å². The first-order valence-corrected chi connectivity index (χ1v) is 7.48. The molecule has 3 aromatic rings. The van der Waals surface area contributed by atoms with E-state index in [0.29, 0.717) is 5.92 Å². The van der Waals surface area contributed by atoms with Crippen molar-refractivity contribution in [2.45, 2.75) is 20.4 Å². The minimum absolute atomic E-state index is 0.638. The molecule has 2 aromatic carbocycles. The van der Waals surface area contributed by atoms with Crippen molar-refractivity contribution < 1.29 is 0 Å². The zero-order valence-corrected chi connectivity index (χ0v) is 12.6. The van der Waals surface area contributed by atoms with E-state index in [1.165, 1.54) is 0 Å². The summed E-state index contributed by atoms with van der Waals surface area (Å²) in [7, 11) is 0. The second kappa shape index (κ2) is 6.10. The maximum atomic E-state index is 4.79. The zero-order chi connectivity index (χ0) is 14.7. The number of imidazole rings is 1. The van der Waals surface area contributed by atoms with Gasteiger partial charge in [0, 0.05) is 5.69 Å². The number of nitrogens with one attached hydrogen (secondary N) is 1. The molecule has 3 nitrogen and oxygen atoms in total. The van der Waals surface area contributed by atoms with Gasteiger partial charge >= 0.3 is 0 Å². The molecule has 0 unspecified atom stereocenters. The number of hydrogen-bond donors (Lipinski definition) is 1. The summed E-state index contributed by atoms with van der Waals surface area (Å²) in [5, 5.41) is 3.49. The van der Waals surface area contributed by atoms with E-state index >= 15 is 0 Å². The number of fused-ring (bicyclic) bond motifs is 1. The van der Waals surface area contributed by atoms with Crippen molar-refractivity contribution >= 4 is 11.0 Å². The van der Waals surface area contributed by atoms with Crippen LogP contribution in [0, 0.1) is 5.92 Å². The molecule has 0 atom stereocenters. The molecule has 1 aromatic heterocycles. The Morgan fingerprint density at radius 3 is 2.48 bits per heavy atom. The van der Waals surface area contributed by atoms with Crippen molar-refractivity contribution in [3.8, 4) is 5.69 Å². The van der Waals surface area contributed by atoms with Crippen LogP contribution in [0.5, 0.6) is 0 Å². The van der Waals surface area contributed by atoms with E-state index in [2.05, 4.69) is 66.2 Å². The Morgan fingerprint density at radius 2 is 1.71 bits per heavy atom. The highest BCUT2D eigenvalue weighted by molar-refractivity contribution is 5.78. The Hall–Kier alpha value is -2.13. The van der Waals surface area contributed by atoms with Crippen LogP contribution in [0.4, 0.5) is 0 Å². The van der Waals surface area contributed by atoms with Crippen molar-refractivity contribution in [2.75, 3.05) is 6.54 Å². The second-order valence-corrected chi connectivity index (χ2v) is 5.71. The fourth-order valence-corrected chi connectivity index (χ4v) is 2.53. The third-order valence-corrected chi connectivity index (χ3v) is 3.48. The third kappa shape index (κ3) is 2.98. The van der Waals surface area contributed by atoms with Gasteiger partial charge in [0.15, 0.2) is 0 Å². The zero-order valence-electron chi connectivity index (χ0n) is 12.6. The lowest BCUT2D eigenvalue weighted by Gasteiger charge is -2.11. The lowest BCUT2D eigenvalue weighted by Crippen LogP contribution is -2.21. The molecule has 108 valence electrons. The normalized spacial score (nSPS) is 11.4. The largest absolute Gasteiger partial charge is 0.310 e. The molecule has 0 spiro atoms. The van der Waals surface area contributed by atoms with Crippen LogP contribution in [-0.2, 0) is 6.54 Å². The number of hydrogen-bond acceptors (Lipinski definition) is 2. The van der Waals surface area contributed by atoms with Crippen molar-refractivity contribution in [1.29, 1.82) is 0 Å². The van der Waals surface area contributed by atoms with E-state index in [1.807, 2.05) is 12.1 Å². The molecule has 21 heavy (non-hydrogen) atoms. The molecule has 0 aliphatic rings. The Bertz CT molecular complexity index is 714. The highest BCUT2D eigenvalue weighted by atomic mass is 15.1. The van der Waals surface area contributed by atoms with Gasteiger partial charge < -0.3 is 5.32 Å². The first kappa shape index (κ1) is 13.8. The average molecular weight is 279 g/mol. The molecule has 0 fully saturated rings. The topological polar surface area (TPSA) is 29.9 Å². The number of para-hydroxylation sites is 3. The van der Waals surface area contributed by atoms with Crippen molar-refractivity contribution in [3.63, 3.8) is 0 Å². The maximum Gasteiger partial charge on any atom is 0.128 e. The number of nitrogens with zero attached hydrogens (tertiary/aromatic N) is 2. The second-order valence-electron chi connectivity index (χ2n) is 5.71. The van der Waals surface area contributed by atoms with Crippen molar-refractivity contribution in [3.05, 3.63) is 60.4 Å². The SMILES string of the molecule is CC(C)CNCc1nc2ccccc2n1-c1ccccc1. The van der Waals surface area contributed by atoms with Gasteiger partial charge in [0.25, 0.3) is 0 Å². The highest BCUT2D eigenvalue weighted by Crippen LogP contribution is 2.21. The predicted octanol–water partition coefficient (Wildman–Crippen LogP) is 3.77. The van der Waals surface area contributed by atoms with Gasteiger partial charge in [-0.3, -0.25) is 4.57 Å². The summed E-state index contributed by atoms with van der Waals surface area (Å²) in [6.07, 6.45) is 0. The number of benzene rings is 2. The van der Waals surface area contributed by atoms with Crippen molar-refractivity contribution in [1.82, 2.24) is 14.9 Å². The maximum absolute atomic E-state index is 4.79. The van der Waals surface area contributed by atoms with Gasteiger partial charge in [-0.1, -0.05) is 44.2 Å². The number of aromatic nitrogens is 2. The molecule has 0 aliphatic heterocycles. The summed E-state index contributed by atoms with van der Waals surface area (Å²) < 4.78 is 2.24. The highest BCUT2D eigenvalue weighted by Gasteiger charge is 2.11. The van der Waals surface area contributed by atoms with Crippen LogP contribution < -0.4 is 5.32 Å². The first-order valence-electron chi connectivity index (χ1n) is 7.48. The fourth-order valence-electron chi connectivity index (χ4n) is 2.53. The summed E-state index contributed by atoms with van der Waals surface area (Å²) >= 11 is 0. The van der Waals surface area contributed by atoms with E-state index < -0.39 is 0 Å². The number of rotatable bonds is 5. The molecule has 0 radical (unpaired) electrons. The quantitative estimate of drug-likeness (QED) is 0.770. The van der Waals surface area contributed by atoms with E-state index in [4.69, 9.17) is 4.98 Å². The molecule has 0 aliphatic carbocycles. The Kier molecular flexibility index (Phi) is 4.02. The molecular formula is C18H21N3. The molecule has 0 saturated heterocycles. The summed E-state index contributed by atoms with van der Waals surface area (Å²) in [5.74, 6) is 1.70. The Labute approximate surface area is 125 Å². The lowest BCUT2D eigenvalue weighted by molar-refractivity contribution is 0.541. The molecular weight excluding hydrogens is 258 g/mol. The van der Waals surface area contributed by atoms with Gasteiger partial charge in [-0.15, -0.1) is 0 Å². The summed E-state index contributed by atoms with van der Waals surface area (Å²) in [6.45, 7) is 6.21. The van der Waals surface area contributed by atoms with Gasteiger partial charge in [-0.25, -0.2) is 4.98 Å². The molecule has 0 amide bonds. The lowest BCUT2D eigenvalue weighted by atomic mass is 10.2. The summed E-state index contributed by atoms with van der Waals surface area (Å²) in [4.78, 5) is 4.79. The standard InChI is InChI=1S/C18H21N3/c1-14(2)12-19-13-18-20-16-10-6-7-11-17(16)21(18)15-8-4-3-5-9-15/h3-11,14,19H,12-13H2,1-2H3. The van der Waals surface area contributed by atoms with Crippen LogP contribution in [0.25, 0.3) is 16.7 Å². The van der Waals surface area contributed by atoms with Gasteiger partial charge in [-0.2, -0.15) is 0 Å². The minimum atomic E-state index is 0.638.